The molecular formula is C13H18N2O2S. The summed E-state index contributed by atoms with van der Waals surface area (Å²) in [4.78, 5) is 23.9. The Morgan fingerprint density at radius 2 is 2.11 bits per heavy atom. The first-order valence-electron chi connectivity index (χ1n) is 5.67. The molecule has 2 amide bonds. The fraction of sp³-hybridized carbons (Fsp3) is 0.385. The summed E-state index contributed by atoms with van der Waals surface area (Å²) in [5.74, 6) is -0.465. The molecule has 0 atom stereocenters. The molecule has 0 saturated carbocycles. The second kappa shape index (κ2) is 6.35. The summed E-state index contributed by atoms with van der Waals surface area (Å²) < 4.78 is 0. The number of hydrogen-bond acceptors (Lipinski definition) is 3. The molecule has 2 N–H and O–H groups in total. The average molecular weight is 266 g/mol. The van der Waals surface area contributed by atoms with Crippen LogP contribution < -0.4 is 10.6 Å². The number of thiophene rings is 1. The number of carbonyl (C=O) groups is 2. The van der Waals surface area contributed by atoms with E-state index in [1.807, 2.05) is 38.3 Å². The van der Waals surface area contributed by atoms with Crippen LogP contribution in [0.5, 0.6) is 0 Å². The topological polar surface area (TPSA) is 58.2 Å². The molecule has 1 aromatic rings. The molecule has 0 spiro atoms. The average Bonchev–Trinajstić information content (AvgIpc) is 2.74. The van der Waals surface area contributed by atoms with Crippen molar-refractivity contribution >= 4 is 29.2 Å². The van der Waals surface area contributed by atoms with E-state index >= 15 is 0 Å². The first kappa shape index (κ1) is 14.4. The van der Waals surface area contributed by atoms with E-state index < -0.39 is 0 Å². The van der Waals surface area contributed by atoms with Crippen molar-refractivity contribution in [2.75, 3.05) is 6.54 Å². The molecule has 0 aromatic carbocycles. The van der Waals surface area contributed by atoms with Gasteiger partial charge in [0.05, 0.1) is 6.54 Å². The lowest BCUT2D eigenvalue weighted by Crippen LogP contribution is -2.45. The summed E-state index contributed by atoms with van der Waals surface area (Å²) in [5, 5.41) is 7.24. The van der Waals surface area contributed by atoms with Crippen molar-refractivity contribution in [3.63, 3.8) is 0 Å². The summed E-state index contributed by atoms with van der Waals surface area (Å²) >= 11 is 1.55. The summed E-state index contributed by atoms with van der Waals surface area (Å²) in [6.45, 7) is 5.67. The maximum Gasteiger partial charge on any atom is 0.244 e. The minimum atomic E-state index is -0.283. The van der Waals surface area contributed by atoms with Crippen molar-refractivity contribution < 1.29 is 9.59 Å². The largest absolute Gasteiger partial charge is 0.350 e. The number of amides is 2. The minimum absolute atomic E-state index is 0.00904. The van der Waals surface area contributed by atoms with Crippen LogP contribution in [0.1, 0.15) is 25.6 Å². The van der Waals surface area contributed by atoms with E-state index in [1.165, 1.54) is 6.08 Å². The second-order valence-corrected chi connectivity index (χ2v) is 5.84. The SMILES string of the molecule is CC(C)(C)NC(=O)CNC(=O)/C=C/c1cccs1. The number of hydrogen-bond donors (Lipinski definition) is 2. The van der Waals surface area contributed by atoms with Crippen molar-refractivity contribution in [1.82, 2.24) is 10.6 Å². The van der Waals surface area contributed by atoms with Gasteiger partial charge < -0.3 is 10.6 Å². The Labute approximate surface area is 111 Å². The highest BCUT2D eigenvalue weighted by molar-refractivity contribution is 7.10. The Balaban J connectivity index is 2.31. The van der Waals surface area contributed by atoms with E-state index in [0.29, 0.717) is 0 Å². The number of rotatable bonds is 4. The van der Waals surface area contributed by atoms with Crippen molar-refractivity contribution in [1.29, 1.82) is 0 Å². The Hall–Kier alpha value is -1.62. The van der Waals surface area contributed by atoms with Gasteiger partial charge in [0.2, 0.25) is 11.8 Å². The van der Waals surface area contributed by atoms with E-state index in [0.717, 1.165) is 4.88 Å². The third kappa shape index (κ3) is 6.20. The molecule has 0 fully saturated rings. The van der Waals surface area contributed by atoms with Gasteiger partial charge in [-0.1, -0.05) is 6.07 Å². The molecule has 0 saturated heterocycles. The Bertz CT molecular complexity index is 430. The van der Waals surface area contributed by atoms with Crippen LogP contribution in [-0.2, 0) is 9.59 Å². The first-order chi connectivity index (χ1) is 8.37. The molecule has 1 rings (SSSR count). The quantitative estimate of drug-likeness (QED) is 0.816. The van der Waals surface area contributed by atoms with Crippen LogP contribution in [-0.4, -0.2) is 23.9 Å². The second-order valence-electron chi connectivity index (χ2n) is 4.86. The summed E-state index contributed by atoms with van der Waals surface area (Å²) in [6, 6.07) is 3.83. The van der Waals surface area contributed by atoms with Gasteiger partial charge in [-0.2, -0.15) is 0 Å². The summed E-state index contributed by atoms with van der Waals surface area (Å²) in [5.41, 5.74) is -0.283. The molecule has 0 radical (unpaired) electrons. The van der Waals surface area contributed by atoms with E-state index in [4.69, 9.17) is 0 Å². The molecular weight excluding hydrogens is 248 g/mol. The lowest BCUT2D eigenvalue weighted by atomic mass is 10.1. The maximum atomic E-state index is 11.4. The molecule has 1 aromatic heterocycles. The fourth-order valence-electron chi connectivity index (χ4n) is 1.23. The van der Waals surface area contributed by atoms with Gasteiger partial charge >= 0.3 is 0 Å². The molecule has 0 unspecified atom stereocenters. The van der Waals surface area contributed by atoms with Crippen molar-refractivity contribution in [3.05, 3.63) is 28.5 Å². The normalized spacial score (nSPS) is 11.5. The predicted molar refractivity (Wildman–Crippen MR) is 74.3 cm³/mol. The highest BCUT2D eigenvalue weighted by Gasteiger charge is 2.13. The van der Waals surface area contributed by atoms with Gasteiger partial charge in [0, 0.05) is 16.5 Å². The van der Waals surface area contributed by atoms with E-state index in [2.05, 4.69) is 10.6 Å². The molecule has 0 bridgehead atoms. The van der Waals surface area contributed by atoms with Crippen LogP contribution in [0.4, 0.5) is 0 Å². The zero-order chi connectivity index (χ0) is 13.6. The van der Waals surface area contributed by atoms with Gasteiger partial charge in [-0.05, 0) is 38.3 Å². The number of nitrogens with one attached hydrogen (secondary N) is 2. The Morgan fingerprint density at radius 1 is 1.39 bits per heavy atom. The lowest BCUT2D eigenvalue weighted by molar-refractivity contribution is -0.124. The molecule has 0 aliphatic carbocycles. The van der Waals surface area contributed by atoms with Crippen molar-refractivity contribution in [2.24, 2.45) is 0 Å². The van der Waals surface area contributed by atoms with Crippen LogP contribution >= 0.6 is 11.3 Å². The van der Waals surface area contributed by atoms with Gasteiger partial charge in [0.15, 0.2) is 0 Å². The van der Waals surface area contributed by atoms with Gasteiger partial charge in [-0.3, -0.25) is 9.59 Å². The highest BCUT2D eigenvalue weighted by Crippen LogP contribution is 2.09. The van der Waals surface area contributed by atoms with E-state index in [-0.39, 0.29) is 23.9 Å². The van der Waals surface area contributed by atoms with Crippen LogP contribution in [0.3, 0.4) is 0 Å². The van der Waals surface area contributed by atoms with Gasteiger partial charge in [0.25, 0.3) is 0 Å². The third-order valence-corrected chi connectivity index (χ3v) is 2.72. The fourth-order valence-corrected chi connectivity index (χ4v) is 1.85. The molecule has 5 heteroatoms. The number of carbonyl (C=O) groups excluding carboxylic acids is 2. The Kier molecular flexibility index (Phi) is 5.09. The first-order valence-corrected chi connectivity index (χ1v) is 6.55. The zero-order valence-corrected chi connectivity index (χ0v) is 11.6. The summed E-state index contributed by atoms with van der Waals surface area (Å²) in [6.07, 6.45) is 3.15. The van der Waals surface area contributed by atoms with Gasteiger partial charge in [-0.15, -0.1) is 11.3 Å². The molecule has 18 heavy (non-hydrogen) atoms. The standard InChI is InChI=1S/C13H18N2O2S/c1-13(2,3)15-12(17)9-14-11(16)7-6-10-5-4-8-18-10/h4-8H,9H2,1-3H3,(H,14,16)(H,15,17)/b7-6+. The monoisotopic (exact) mass is 266 g/mol. The van der Waals surface area contributed by atoms with Crippen LogP contribution in [0.25, 0.3) is 6.08 Å². The molecule has 0 aliphatic rings. The van der Waals surface area contributed by atoms with E-state index in [1.54, 1.807) is 17.4 Å². The maximum absolute atomic E-state index is 11.4. The van der Waals surface area contributed by atoms with E-state index in [9.17, 15) is 9.59 Å². The zero-order valence-electron chi connectivity index (χ0n) is 10.8. The molecule has 1 heterocycles. The van der Waals surface area contributed by atoms with Gasteiger partial charge in [-0.25, -0.2) is 0 Å². The molecule has 98 valence electrons. The third-order valence-electron chi connectivity index (χ3n) is 1.88. The smallest absolute Gasteiger partial charge is 0.244 e. The molecule has 4 nitrogen and oxygen atoms in total. The highest BCUT2D eigenvalue weighted by atomic mass is 32.1. The van der Waals surface area contributed by atoms with Crippen LogP contribution in [0.2, 0.25) is 0 Å². The van der Waals surface area contributed by atoms with Crippen LogP contribution in [0, 0.1) is 0 Å². The van der Waals surface area contributed by atoms with Crippen molar-refractivity contribution in [2.45, 2.75) is 26.3 Å². The van der Waals surface area contributed by atoms with Crippen molar-refractivity contribution in [3.8, 4) is 0 Å². The molecule has 0 aliphatic heterocycles. The lowest BCUT2D eigenvalue weighted by Gasteiger charge is -2.20. The van der Waals surface area contributed by atoms with Gasteiger partial charge in [0.1, 0.15) is 0 Å². The minimum Gasteiger partial charge on any atom is -0.350 e. The Morgan fingerprint density at radius 3 is 2.67 bits per heavy atom. The summed E-state index contributed by atoms with van der Waals surface area (Å²) in [7, 11) is 0. The van der Waals surface area contributed by atoms with Crippen LogP contribution in [0.15, 0.2) is 23.6 Å². The predicted octanol–water partition coefficient (Wildman–Crippen LogP) is 1.79.